The summed E-state index contributed by atoms with van der Waals surface area (Å²) in [5.41, 5.74) is 0.702. The van der Waals surface area contributed by atoms with E-state index in [9.17, 15) is 0 Å². The molecule has 2 aliphatic heterocycles. The van der Waals surface area contributed by atoms with Gasteiger partial charge in [0.2, 0.25) is 0 Å². The lowest BCUT2D eigenvalue weighted by molar-refractivity contribution is -0.0684. The average Bonchev–Trinajstić information content (AvgIpc) is 2.39. The fraction of sp³-hybridized carbons (Fsp3) is 0.533. The van der Waals surface area contributed by atoms with Crippen molar-refractivity contribution in [3.63, 3.8) is 0 Å². The van der Waals surface area contributed by atoms with Crippen LogP contribution in [0, 0.1) is 0 Å². The van der Waals surface area contributed by atoms with Crippen LogP contribution in [0.2, 0.25) is 5.02 Å². The number of para-hydroxylation sites is 1. The number of ether oxygens (including phenoxy) is 1. The zero-order chi connectivity index (χ0) is 14.3. The predicted molar refractivity (Wildman–Crippen MR) is 85.2 cm³/mol. The van der Waals surface area contributed by atoms with Crippen LogP contribution in [0.15, 0.2) is 18.2 Å². The highest BCUT2D eigenvalue weighted by Crippen LogP contribution is 2.46. The second-order valence-electron chi connectivity index (χ2n) is 5.65. The third-order valence-corrected chi connectivity index (χ3v) is 4.76. The number of unbranched alkanes of at least 4 members (excludes halogenated alkanes) is 1. The molecular weight excluding hydrogens is 292 g/mol. The Hall–Kier alpha value is -1.00. The van der Waals surface area contributed by atoms with Gasteiger partial charge in [0, 0.05) is 18.5 Å². The molecule has 20 heavy (non-hydrogen) atoms. The Morgan fingerprint density at radius 2 is 2.35 bits per heavy atom. The van der Waals surface area contributed by atoms with Crippen molar-refractivity contribution >= 4 is 28.9 Å². The summed E-state index contributed by atoms with van der Waals surface area (Å²) < 4.78 is 6.27. The van der Waals surface area contributed by atoms with Crippen molar-refractivity contribution in [2.75, 3.05) is 6.54 Å². The van der Waals surface area contributed by atoms with Crippen LogP contribution in [0.1, 0.15) is 44.7 Å². The van der Waals surface area contributed by atoms with Crippen LogP contribution < -0.4 is 10.1 Å². The van der Waals surface area contributed by atoms with Crippen LogP contribution in [0.4, 0.5) is 0 Å². The zero-order valence-electron chi connectivity index (χ0n) is 11.8. The van der Waals surface area contributed by atoms with Crippen molar-refractivity contribution in [2.24, 2.45) is 0 Å². The molecule has 1 N–H and O–H groups in total. The molecule has 2 aliphatic rings. The fourth-order valence-electron chi connectivity index (χ4n) is 3.05. The topological polar surface area (TPSA) is 24.5 Å². The van der Waals surface area contributed by atoms with Crippen LogP contribution in [0.3, 0.4) is 0 Å². The number of hydrogen-bond acceptors (Lipinski definition) is 2. The summed E-state index contributed by atoms with van der Waals surface area (Å²) in [6, 6.07) is 6.08. The van der Waals surface area contributed by atoms with Crippen molar-refractivity contribution in [1.29, 1.82) is 0 Å². The first-order valence-corrected chi connectivity index (χ1v) is 7.89. The highest BCUT2D eigenvalue weighted by molar-refractivity contribution is 7.80. The molecule has 2 bridgehead atoms. The maximum atomic E-state index is 6.30. The maximum absolute atomic E-state index is 6.30. The quantitative estimate of drug-likeness (QED) is 0.857. The summed E-state index contributed by atoms with van der Waals surface area (Å²) in [7, 11) is 0. The highest BCUT2D eigenvalue weighted by atomic mass is 35.5. The average molecular weight is 311 g/mol. The van der Waals surface area contributed by atoms with E-state index in [1.165, 1.54) is 0 Å². The van der Waals surface area contributed by atoms with E-state index in [1.807, 2.05) is 12.1 Å². The monoisotopic (exact) mass is 310 g/mol. The molecule has 5 heteroatoms. The smallest absolute Gasteiger partial charge is 0.184 e. The summed E-state index contributed by atoms with van der Waals surface area (Å²) in [6.07, 6.45) is 3.11. The van der Waals surface area contributed by atoms with Gasteiger partial charge in [-0.2, -0.15) is 0 Å². The molecule has 0 saturated carbocycles. The molecule has 2 unspecified atom stereocenters. The van der Waals surface area contributed by atoms with E-state index in [0.29, 0.717) is 5.02 Å². The molecule has 0 amide bonds. The minimum atomic E-state index is -0.403. The van der Waals surface area contributed by atoms with E-state index in [2.05, 4.69) is 30.1 Å². The van der Waals surface area contributed by atoms with E-state index in [4.69, 9.17) is 28.6 Å². The van der Waals surface area contributed by atoms with Gasteiger partial charge < -0.3 is 15.0 Å². The van der Waals surface area contributed by atoms with E-state index < -0.39 is 5.72 Å². The lowest BCUT2D eigenvalue weighted by Gasteiger charge is -2.52. The van der Waals surface area contributed by atoms with Gasteiger partial charge in [-0.25, -0.2) is 0 Å². The first-order valence-electron chi connectivity index (χ1n) is 7.11. The molecule has 0 radical (unpaired) electrons. The number of thiocarbonyl (C=S) groups is 1. The second kappa shape index (κ2) is 5.08. The van der Waals surface area contributed by atoms with E-state index in [-0.39, 0.29) is 6.04 Å². The third-order valence-electron chi connectivity index (χ3n) is 4.13. The Bertz CT molecular complexity index is 551. The minimum Gasteiger partial charge on any atom is -0.466 e. The molecule has 1 aromatic carbocycles. The van der Waals surface area contributed by atoms with Gasteiger partial charge in [0.05, 0.1) is 11.1 Å². The number of nitrogens with zero attached hydrogens (tertiary/aromatic N) is 1. The molecule has 3 rings (SSSR count). The van der Waals surface area contributed by atoms with Crippen LogP contribution in [0.5, 0.6) is 5.75 Å². The summed E-state index contributed by atoms with van der Waals surface area (Å²) in [4.78, 5) is 2.16. The molecule has 1 aromatic rings. The number of hydrogen-bond donors (Lipinski definition) is 1. The number of halogens is 1. The molecular formula is C15H19ClN2OS. The van der Waals surface area contributed by atoms with Gasteiger partial charge in [0.25, 0.3) is 0 Å². The number of fused-ring (bicyclic) bond motifs is 4. The largest absolute Gasteiger partial charge is 0.466 e. The normalized spacial score (nSPS) is 27.6. The Morgan fingerprint density at radius 1 is 1.55 bits per heavy atom. The first-order chi connectivity index (χ1) is 9.55. The van der Waals surface area contributed by atoms with Crippen molar-refractivity contribution < 1.29 is 4.74 Å². The lowest BCUT2D eigenvalue weighted by atomic mass is 9.90. The van der Waals surface area contributed by atoms with Crippen molar-refractivity contribution in [2.45, 2.75) is 44.9 Å². The van der Waals surface area contributed by atoms with Gasteiger partial charge >= 0.3 is 0 Å². The molecule has 1 saturated heterocycles. The number of rotatable bonds is 3. The molecule has 0 spiro atoms. The zero-order valence-corrected chi connectivity index (χ0v) is 13.4. The molecule has 1 fully saturated rings. The summed E-state index contributed by atoms with van der Waals surface area (Å²) in [5.74, 6) is 0.796. The summed E-state index contributed by atoms with van der Waals surface area (Å²) in [6.45, 7) is 5.19. The molecule has 2 atom stereocenters. The SMILES string of the molecule is CCCCN1C(=S)NC2CC1(C)Oc1c(Cl)cccc12. The first kappa shape index (κ1) is 14.0. The van der Waals surface area contributed by atoms with Gasteiger partial charge in [-0.1, -0.05) is 37.1 Å². The summed E-state index contributed by atoms with van der Waals surface area (Å²) >= 11 is 11.8. The van der Waals surface area contributed by atoms with E-state index in [0.717, 1.165) is 42.2 Å². The van der Waals surface area contributed by atoms with E-state index >= 15 is 0 Å². The molecule has 108 valence electrons. The van der Waals surface area contributed by atoms with Gasteiger partial charge in [0.1, 0.15) is 5.75 Å². The maximum Gasteiger partial charge on any atom is 0.184 e. The lowest BCUT2D eigenvalue weighted by Crippen LogP contribution is -2.64. The summed E-state index contributed by atoms with van der Waals surface area (Å²) in [5, 5.41) is 4.88. The highest BCUT2D eigenvalue weighted by Gasteiger charge is 2.47. The predicted octanol–water partition coefficient (Wildman–Crippen LogP) is 3.87. The van der Waals surface area contributed by atoms with Crippen molar-refractivity contribution in [1.82, 2.24) is 10.2 Å². The fourth-order valence-corrected chi connectivity index (χ4v) is 3.70. The Kier molecular flexibility index (Phi) is 3.55. The third kappa shape index (κ3) is 2.15. The van der Waals surface area contributed by atoms with Crippen molar-refractivity contribution in [3.05, 3.63) is 28.8 Å². The molecule has 3 nitrogen and oxygen atoms in total. The Balaban J connectivity index is 1.98. The van der Waals surface area contributed by atoms with Crippen LogP contribution in [-0.2, 0) is 0 Å². The molecule has 0 aliphatic carbocycles. The van der Waals surface area contributed by atoms with Gasteiger partial charge in [-0.3, -0.25) is 0 Å². The van der Waals surface area contributed by atoms with E-state index in [1.54, 1.807) is 0 Å². The van der Waals surface area contributed by atoms with Gasteiger partial charge in [-0.05, 0) is 31.6 Å². The Morgan fingerprint density at radius 3 is 3.10 bits per heavy atom. The number of benzene rings is 1. The minimum absolute atomic E-state index is 0.188. The second-order valence-corrected chi connectivity index (χ2v) is 6.44. The van der Waals surface area contributed by atoms with Gasteiger partial charge in [0.15, 0.2) is 10.8 Å². The van der Waals surface area contributed by atoms with Crippen LogP contribution in [0.25, 0.3) is 0 Å². The van der Waals surface area contributed by atoms with Crippen LogP contribution in [-0.4, -0.2) is 22.3 Å². The Labute approximate surface area is 130 Å². The van der Waals surface area contributed by atoms with Crippen LogP contribution >= 0.6 is 23.8 Å². The number of nitrogens with one attached hydrogen (secondary N) is 1. The molecule has 0 aromatic heterocycles. The van der Waals surface area contributed by atoms with Gasteiger partial charge in [-0.15, -0.1) is 0 Å². The standard InChI is InChI=1S/C15H19ClN2OS/c1-3-4-8-18-14(20)17-12-9-15(18,2)19-13-10(12)6-5-7-11(13)16/h5-7,12H,3-4,8-9H2,1-2H3,(H,17,20). The van der Waals surface area contributed by atoms with Crippen molar-refractivity contribution in [3.8, 4) is 5.75 Å². The molecule has 2 heterocycles.